The lowest BCUT2D eigenvalue weighted by Crippen LogP contribution is -2.38. The Morgan fingerprint density at radius 1 is 1.58 bits per heavy atom. The van der Waals surface area contributed by atoms with Gasteiger partial charge < -0.3 is 5.11 Å². The minimum atomic E-state index is -4.53. The molecule has 0 saturated carbocycles. The fourth-order valence-electron chi connectivity index (χ4n) is 1.10. The van der Waals surface area contributed by atoms with Crippen LogP contribution < -0.4 is 4.72 Å². The zero-order valence-electron chi connectivity index (χ0n) is 9.55. The number of alkyl halides is 3. The van der Waals surface area contributed by atoms with Crippen molar-refractivity contribution in [3.05, 3.63) is 12.4 Å². The second kappa shape index (κ2) is 5.17. The van der Waals surface area contributed by atoms with Gasteiger partial charge in [0.15, 0.2) is 0 Å². The number of carboxylic acid groups (broad SMARTS) is 1. The molecule has 1 rings (SSSR count). The van der Waals surface area contributed by atoms with Crippen molar-refractivity contribution >= 4 is 16.0 Å². The van der Waals surface area contributed by atoms with E-state index in [0.29, 0.717) is 17.1 Å². The van der Waals surface area contributed by atoms with Gasteiger partial charge in [0, 0.05) is 6.20 Å². The number of hydrogen-bond acceptors (Lipinski definition) is 4. The molecule has 108 valence electrons. The average Bonchev–Trinajstić information content (AvgIpc) is 2.63. The summed E-state index contributed by atoms with van der Waals surface area (Å²) in [5, 5.41) is 11.8. The van der Waals surface area contributed by atoms with Gasteiger partial charge in [0.25, 0.3) is 0 Å². The molecule has 1 atom stereocenters. The molecule has 0 amide bonds. The Morgan fingerprint density at radius 3 is 2.63 bits per heavy atom. The van der Waals surface area contributed by atoms with Crippen molar-refractivity contribution in [1.82, 2.24) is 14.5 Å². The molecule has 19 heavy (non-hydrogen) atoms. The highest BCUT2D eigenvalue weighted by atomic mass is 32.2. The molecule has 7 nitrogen and oxygen atoms in total. The van der Waals surface area contributed by atoms with E-state index in [4.69, 9.17) is 5.11 Å². The molecule has 0 saturated heterocycles. The first kappa shape index (κ1) is 15.4. The van der Waals surface area contributed by atoms with Crippen molar-refractivity contribution in [3.63, 3.8) is 0 Å². The van der Waals surface area contributed by atoms with E-state index in [1.54, 1.807) is 4.72 Å². The van der Waals surface area contributed by atoms with Gasteiger partial charge >= 0.3 is 12.1 Å². The summed E-state index contributed by atoms with van der Waals surface area (Å²) in [5.41, 5.74) is 0. The van der Waals surface area contributed by atoms with E-state index in [1.165, 1.54) is 0 Å². The van der Waals surface area contributed by atoms with Crippen molar-refractivity contribution in [1.29, 1.82) is 0 Å². The van der Waals surface area contributed by atoms with Crippen LogP contribution in [0.3, 0.4) is 0 Å². The maximum atomic E-state index is 12.1. The van der Waals surface area contributed by atoms with Crippen LogP contribution >= 0.6 is 0 Å². The maximum absolute atomic E-state index is 12.1. The van der Waals surface area contributed by atoms with E-state index in [-0.39, 0.29) is 0 Å². The Balaban J connectivity index is 2.89. The highest BCUT2D eigenvalue weighted by Gasteiger charge is 2.29. The normalized spacial score (nSPS) is 14.3. The number of aliphatic carboxylic acids is 1. The molecule has 0 aromatic carbocycles. The fraction of sp³-hybridized carbons (Fsp3) is 0.500. The van der Waals surface area contributed by atoms with Crippen LogP contribution in [-0.2, 0) is 21.4 Å². The molecule has 0 radical (unpaired) electrons. The van der Waals surface area contributed by atoms with Crippen LogP contribution in [-0.4, -0.2) is 41.5 Å². The molecule has 1 heterocycles. The maximum Gasteiger partial charge on any atom is 0.408 e. The molecule has 11 heteroatoms. The van der Waals surface area contributed by atoms with Crippen LogP contribution in [0, 0.1) is 0 Å². The van der Waals surface area contributed by atoms with Gasteiger partial charge in [-0.05, 0) is 6.92 Å². The van der Waals surface area contributed by atoms with Gasteiger partial charge in [0.1, 0.15) is 17.5 Å². The number of aromatic nitrogens is 2. The van der Waals surface area contributed by atoms with Crippen molar-refractivity contribution in [2.45, 2.75) is 30.6 Å². The summed E-state index contributed by atoms with van der Waals surface area (Å²) in [6, 6.07) is -1.41. The highest BCUT2D eigenvalue weighted by Crippen LogP contribution is 2.18. The smallest absolute Gasteiger partial charge is 0.408 e. The Kier molecular flexibility index (Phi) is 4.20. The van der Waals surface area contributed by atoms with Crippen molar-refractivity contribution in [2.24, 2.45) is 0 Å². The summed E-state index contributed by atoms with van der Waals surface area (Å²) in [6.07, 6.45) is -3.15. The second-order valence-electron chi connectivity index (χ2n) is 3.67. The Hall–Kier alpha value is -1.62. The number of halogens is 3. The third kappa shape index (κ3) is 4.52. The molecule has 2 N–H and O–H groups in total. The SMILES string of the molecule is C[C@H](NS(=O)(=O)c1cnn(CC(F)(F)F)c1)C(=O)O. The molecule has 0 fully saturated rings. The number of carboxylic acids is 1. The number of nitrogens with one attached hydrogen (secondary N) is 1. The largest absolute Gasteiger partial charge is 0.480 e. The third-order valence-corrected chi connectivity index (χ3v) is 3.46. The zero-order valence-corrected chi connectivity index (χ0v) is 10.4. The predicted molar refractivity (Wildman–Crippen MR) is 55.7 cm³/mol. The van der Waals surface area contributed by atoms with Crippen LogP contribution in [0.15, 0.2) is 17.3 Å². The van der Waals surface area contributed by atoms with Crippen LogP contribution in [0.5, 0.6) is 0 Å². The standard InChI is InChI=1S/C8H10F3N3O4S/c1-5(7(15)16)13-19(17,18)6-2-12-14(3-6)4-8(9,10)11/h2-3,5,13H,4H2,1H3,(H,15,16)/t5-/m0/s1. The number of carbonyl (C=O) groups is 1. The molecular weight excluding hydrogens is 291 g/mol. The molecular formula is C8H10F3N3O4S. The molecule has 1 aromatic heterocycles. The number of sulfonamides is 1. The Labute approximate surface area is 106 Å². The number of nitrogens with zero attached hydrogens (tertiary/aromatic N) is 2. The summed E-state index contributed by atoms with van der Waals surface area (Å²) in [7, 11) is -4.22. The lowest BCUT2D eigenvalue weighted by atomic mass is 10.4. The van der Waals surface area contributed by atoms with Gasteiger partial charge in [-0.1, -0.05) is 0 Å². The van der Waals surface area contributed by atoms with Crippen molar-refractivity contribution in [3.8, 4) is 0 Å². The van der Waals surface area contributed by atoms with Crippen LogP contribution in [0.4, 0.5) is 13.2 Å². The van der Waals surface area contributed by atoms with Gasteiger partial charge in [-0.15, -0.1) is 0 Å². The molecule has 0 bridgehead atoms. The number of hydrogen-bond donors (Lipinski definition) is 2. The van der Waals surface area contributed by atoms with Gasteiger partial charge in [0.2, 0.25) is 10.0 Å². The van der Waals surface area contributed by atoms with E-state index < -0.39 is 39.7 Å². The second-order valence-corrected chi connectivity index (χ2v) is 5.38. The van der Waals surface area contributed by atoms with E-state index in [9.17, 15) is 26.4 Å². The van der Waals surface area contributed by atoms with Crippen molar-refractivity contribution < 1.29 is 31.5 Å². The van der Waals surface area contributed by atoms with Crippen LogP contribution in [0.2, 0.25) is 0 Å². The third-order valence-electron chi connectivity index (χ3n) is 1.96. The number of rotatable bonds is 5. The first-order valence-electron chi connectivity index (χ1n) is 4.85. The van der Waals surface area contributed by atoms with Gasteiger partial charge in [0.05, 0.1) is 6.20 Å². The van der Waals surface area contributed by atoms with Gasteiger partial charge in [-0.25, -0.2) is 8.42 Å². The van der Waals surface area contributed by atoms with E-state index in [0.717, 1.165) is 6.92 Å². The van der Waals surface area contributed by atoms with Crippen LogP contribution in [0.1, 0.15) is 6.92 Å². The Bertz CT molecular complexity index is 566. The first-order valence-corrected chi connectivity index (χ1v) is 6.34. The summed E-state index contributed by atoms with van der Waals surface area (Å²) >= 11 is 0. The highest BCUT2D eigenvalue weighted by molar-refractivity contribution is 7.89. The van der Waals surface area contributed by atoms with Gasteiger partial charge in [-0.2, -0.15) is 23.0 Å². The molecule has 0 aliphatic rings. The van der Waals surface area contributed by atoms with E-state index in [1.807, 2.05) is 0 Å². The fourth-order valence-corrected chi connectivity index (χ4v) is 2.25. The summed E-state index contributed by atoms with van der Waals surface area (Å²) in [6.45, 7) is -0.350. The summed E-state index contributed by atoms with van der Waals surface area (Å²) in [5.74, 6) is -1.41. The summed E-state index contributed by atoms with van der Waals surface area (Å²) < 4.78 is 61.6. The molecule has 0 aliphatic heterocycles. The minimum absolute atomic E-state index is 0.403. The van der Waals surface area contributed by atoms with Crippen LogP contribution in [0.25, 0.3) is 0 Å². The lowest BCUT2D eigenvalue weighted by molar-refractivity contribution is -0.142. The topological polar surface area (TPSA) is 101 Å². The predicted octanol–water partition coefficient (Wildman–Crippen LogP) is 0.197. The van der Waals surface area contributed by atoms with Gasteiger partial charge in [-0.3, -0.25) is 9.48 Å². The van der Waals surface area contributed by atoms with Crippen molar-refractivity contribution in [2.75, 3.05) is 0 Å². The minimum Gasteiger partial charge on any atom is -0.480 e. The molecule has 0 unspecified atom stereocenters. The lowest BCUT2D eigenvalue weighted by Gasteiger charge is -2.08. The molecule has 1 aromatic rings. The molecule has 0 spiro atoms. The average molecular weight is 301 g/mol. The Morgan fingerprint density at radius 2 is 2.16 bits per heavy atom. The summed E-state index contributed by atoms with van der Waals surface area (Å²) in [4.78, 5) is 9.97. The monoisotopic (exact) mass is 301 g/mol. The zero-order chi connectivity index (χ0) is 14.8. The quantitative estimate of drug-likeness (QED) is 0.809. The van der Waals surface area contributed by atoms with E-state index >= 15 is 0 Å². The molecule has 0 aliphatic carbocycles. The first-order chi connectivity index (χ1) is 8.51. The van der Waals surface area contributed by atoms with E-state index in [2.05, 4.69) is 5.10 Å².